The van der Waals surface area contributed by atoms with Crippen molar-refractivity contribution in [1.82, 2.24) is 0 Å². The fourth-order valence-electron chi connectivity index (χ4n) is 9.00. The van der Waals surface area contributed by atoms with Crippen LogP contribution in [0.2, 0.25) is 0 Å². The zero-order chi connectivity index (χ0) is 54.4. The van der Waals surface area contributed by atoms with Crippen LogP contribution in [0.1, 0.15) is 206 Å². The van der Waals surface area contributed by atoms with Crippen LogP contribution in [0, 0.1) is 0 Å². The molecule has 0 aliphatic carbocycles. The third-order valence-corrected chi connectivity index (χ3v) is 13.7. The van der Waals surface area contributed by atoms with E-state index < -0.39 is 80.7 Å². The van der Waals surface area contributed by atoms with Crippen molar-refractivity contribution >= 4 is 5.97 Å². The van der Waals surface area contributed by atoms with Crippen LogP contribution >= 0.6 is 0 Å². The summed E-state index contributed by atoms with van der Waals surface area (Å²) in [6.07, 6.45) is 43.9. The van der Waals surface area contributed by atoms with Gasteiger partial charge in [0.25, 0.3) is 0 Å². The first-order valence-electron chi connectivity index (χ1n) is 29.5. The SMILES string of the molecule is CC/C=C\C/C=C\C/C=C\C/C=C\C/C=C\C/C=C\CCCCCOCC(COC1OC(COC2OC(CO)C(O)C(O)C2O)C(O)C(O)C1O)OC(=O)CCCCCCCCCCCCCCCCCCCCC. The Hall–Kier alpha value is -2.57. The number of hydrogen-bond acceptors (Lipinski definition) is 14. The second-order valence-corrected chi connectivity index (χ2v) is 20.4. The molecule has 434 valence electrons. The fraction of sp³-hybridized carbons (Fsp3) is 0.787. The van der Waals surface area contributed by atoms with Crippen molar-refractivity contribution in [3.63, 3.8) is 0 Å². The van der Waals surface area contributed by atoms with E-state index in [1.807, 2.05) is 0 Å². The highest BCUT2D eigenvalue weighted by Crippen LogP contribution is 2.27. The monoisotopic (exact) mass is 1060 g/mol. The molecule has 2 heterocycles. The van der Waals surface area contributed by atoms with Crippen molar-refractivity contribution in [2.75, 3.05) is 33.0 Å². The summed E-state index contributed by atoms with van der Waals surface area (Å²) in [4.78, 5) is 13.1. The molecule has 0 bridgehead atoms. The summed E-state index contributed by atoms with van der Waals surface area (Å²) in [7, 11) is 0. The number of esters is 1. The van der Waals surface area contributed by atoms with Crippen LogP contribution < -0.4 is 0 Å². The average molecular weight is 1060 g/mol. The Morgan fingerprint density at radius 2 is 0.867 bits per heavy atom. The molecule has 2 fully saturated rings. The summed E-state index contributed by atoms with van der Waals surface area (Å²) in [5.41, 5.74) is 0. The zero-order valence-corrected chi connectivity index (χ0v) is 46.5. The minimum Gasteiger partial charge on any atom is -0.457 e. The molecule has 2 aliphatic rings. The first kappa shape index (κ1) is 68.5. The van der Waals surface area contributed by atoms with E-state index in [2.05, 4.69) is 86.8 Å². The van der Waals surface area contributed by atoms with E-state index in [1.165, 1.54) is 96.3 Å². The number of rotatable bonds is 47. The predicted octanol–water partition coefficient (Wildman–Crippen LogP) is 10.6. The third-order valence-electron chi connectivity index (χ3n) is 13.7. The van der Waals surface area contributed by atoms with Gasteiger partial charge in [-0.05, 0) is 64.2 Å². The number of carbonyl (C=O) groups is 1. The average Bonchev–Trinajstić information content (AvgIpc) is 3.41. The molecular weight excluding hydrogens is 957 g/mol. The molecule has 0 saturated carbocycles. The molecule has 7 N–H and O–H groups in total. The summed E-state index contributed by atoms with van der Waals surface area (Å²) >= 11 is 0. The number of aliphatic hydroxyl groups is 7. The van der Waals surface area contributed by atoms with Gasteiger partial charge in [-0.3, -0.25) is 4.79 Å². The number of carbonyl (C=O) groups excluding carboxylic acids is 1. The van der Waals surface area contributed by atoms with E-state index in [1.54, 1.807) is 0 Å². The minimum absolute atomic E-state index is 0.0374. The molecule has 0 aromatic rings. The Morgan fingerprint density at radius 1 is 0.453 bits per heavy atom. The second kappa shape index (κ2) is 47.4. The molecule has 75 heavy (non-hydrogen) atoms. The van der Waals surface area contributed by atoms with Crippen molar-refractivity contribution in [2.24, 2.45) is 0 Å². The van der Waals surface area contributed by atoms with Crippen LogP contribution in [0.5, 0.6) is 0 Å². The minimum atomic E-state index is -1.72. The highest BCUT2D eigenvalue weighted by atomic mass is 16.7. The molecule has 14 heteroatoms. The van der Waals surface area contributed by atoms with Gasteiger partial charge in [-0.2, -0.15) is 0 Å². The molecule has 2 rings (SSSR count). The van der Waals surface area contributed by atoms with E-state index >= 15 is 0 Å². The van der Waals surface area contributed by atoms with E-state index in [9.17, 15) is 40.5 Å². The van der Waals surface area contributed by atoms with Crippen molar-refractivity contribution in [2.45, 2.75) is 274 Å². The van der Waals surface area contributed by atoms with Crippen molar-refractivity contribution in [1.29, 1.82) is 0 Å². The molecule has 14 nitrogen and oxygen atoms in total. The number of unbranched alkanes of at least 4 members (excludes halogenated alkanes) is 21. The standard InChI is InChI=1S/C61H106O14/c1-3-5-7-9-11-13-15-17-19-21-23-24-25-27-29-31-33-35-37-39-41-43-45-70-47-50(73-53(63)44-42-40-38-36-34-32-30-28-26-22-20-18-16-14-12-10-8-6-4-2)48-71-60-59(69)57(67)55(65)52(75-60)49-72-61-58(68)56(66)54(64)51(46-62)74-61/h5,7,11,13,17,19,23-24,27,29,33,35,50-52,54-62,64-69H,3-4,6,8-10,12,14-16,18,20-22,25-26,28,30-32,34,36-49H2,1-2H3/b7-5-,13-11-,19-17-,24-23-,29-27-,35-33-. The molecular formula is C61H106O14. The Kier molecular flexibility index (Phi) is 43.3. The van der Waals surface area contributed by atoms with E-state index in [-0.39, 0.29) is 25.6 Å². The maximum atomic E-state index is 13.1. The van der Waals surface area contributed by atoms with Crippen LogP contribution in [-0.2, 0) is 33.2 Å². The molecule has 11 atom stereocenters. The lowest BCUT2D eigenvalue weighted by Gasteiger charge is -2.42. The van der Waals surface area contributed by atoms with Crippen LogP contribution in [-0.4, -0.2) is 142 Å². The lowest BCUT2D eigenvalue weighted by atomic mass is 9.98. The number of aliphatic hydroxyl groups excluding tert-OH is 7. The third kappa shape index (κ3) is 34.1. The predicted molar refractivity (Wildman–Crippen MR) is 298 cm³/mol. The van der Waals surface area contributed by atoms with Crippen LogP contribution in [0.25, 0.3) is 0 Å². The van der Waals surface area contributed by atoms with Crippen LogP contribution in [0.15, 0.2) is 72.9 Å². The van der Waals surface area contributed by atoms with Gasteiger partial charge in [-0.1, -0.05) is 209 Å². The summed E-state index contributed by atoms with van der Waals surface area (Å²) in [5.74, 6) is -0.387. The van der Waals surface area contributed by atoms with Gasteiger partial charge in [0.15, 0.2) is 12.6 Å². The van der Waals surface area contributed by atoms with Crippen molar-refractivity contribution < 1.29 is 69.0 Å². The van der Waals surface area contributed by atoms with Crippen LogP contribution in [0.3, 0.4) is 0 Å². The van der Waals surface area contributed by atoms with Gasteiger partial charge in [-0.15, -0.1) is 0 Å². The van der Waals surface area contributed by atoms with Gasteiger partial charge in [0.2, 0.25) is 0 Å². The van der Waals surface area contributed by atoms with Gasteiger partial charge >= 0.3 is 5.97 Å². The smallest absolute Gasteiger partial charge is 0.306 e. The molecule has 0 aromatic heterocycles. The number of hydrogen-bond donors (Lipinski definition) is 7. The molecule has 0 radical (unpaired) electrons. The lowest BCUT2D eigenvalue weighted by Crippen LogP contribution is -2.61. The number of allylic oxidation sites excluding steroid dienone is 12. The second-order valence-electron chi connectivity index (χ2n) is 20.4. The van der Waals surface area contributed by atoms with Gasteiger partial charge in [0, 0.05) is 13.0 Å². The Labute approximate surface area is 453 Å². The Balaban J connectivity index is 1.73. The topological polar surface area (TPSA) is 214 Å². The molecule has 0 spiro atoms. The maximum absolute atomic E-state index is 13.1. The van der Waals surface area contributed by atoms with Gasteiger partial charge in [0.05, 0.1) is 26.4 Å². The van der Waals surface area contributed by atoms with Crippen molar-refractivity contribution in [3.05, 3.63) is 72.9 Å². The van der Waals surface area contributed by atoms with Gasteiger partial charge in [-0.25, -0.2) is 0 Å². The first-order chi connectivity index (χ1) is 36.6. The molecule has 11 unspecified atom stereocenters. The lowest BCUT2D eigenvalue weighted by molar-refractivity contribution is -0.332. The normalized spacial score (nSPS) is 25.1. The van der Waals surface area contributed by atoms with Crippen molar-refractivity contribution in [3.8, 4) is 0 Å². The quantitative estimate of drug-likeness (QED) is 0.0172. The maximum Gasteiger partial charge on any atom is 0.306 e. The van der Waals surface area contributed by atoms with E-state index in [0.29, 0.717) is 13.0 Å². The molecule has 2 saturated heterocycles. The largest absolute Gasteiger partial charge is 0.457 e. The summed E-state index contributed by atoms with van der Waals surface area (Å²) in [6.45, 7) is 3.51. The van der Waals surface area contributed by atoms with E-state index in [4.69, 9.17) is 28.4 Å². The van der Waals surface area contributed by atoms with E-state index in [0.717, 1.165) is 83.5 Å². The zero-order valence-electron chi connectivity index (χ0n) is 46.5. The highest BCUT2D eigenvalue weighted by Gasteiger charge is 2.47. The Bertz CT molecular complexity index is 1510. The van der Waals surface area contributed by atoms with Gasteiger partial charge in [0.1, 0.15) is 54.9 Å². The first-order valence-corrected chi connectivity index (χ1v) is 29.5. The summed E-state index contributed by atoms with van der Waals surface area (Å²) in [6, 6.07) is 0. The molecule has 0 aromatic carbocycles. The molecule has 2 aliphatic heterocycles. The highest BCUT2D eigenvalue weighted by molar-refractivity contribution is 5.69. The van der Waals surface area contributed by atoms with Crippen LogP contribution in [0.4, 0.5) is 0 Å². The molecule has 0 amide bonds. The summed E-state index contributed by atoms with van der Waals surface area (Å²) in [5, 5.41) is 72.4. The number of ether oxygens (including phenoxy) is 6. The Morgan fingerprint density at radius 3 is 1.35 bits per heavy atom. The summed E-state index contributed by atoms with van der Waals surface area (Å²) < 4.78 is 34.4. The fourth-order valence-corrected chi connectivity index (χ4v) is 9.00. The van der Waals surface area contributed by atoms with Gasteiger partial charge < -0.3 is 64.2 Å².